The maximum absolute atomic E-state index is 11.3. The molecule has 0 aliphatic carbocycles. The zero-order valence-electron chi connectivity index (χ0n) is 8.57. The highest BCUT2D eigenvalue weighted by Crippen LogP contribution is 2.28. The number of carbonyl (C=O) groups is 1. The highest BCUT2D eigenvalue weighted by atomic mass is 32.1. The number of carboxylic acid groups (broad SMARTS) is 1. The van der Waals surface area contributed by atoms with E-state index in [0.717, 1.165) is 4.88 Å². The summed E-state index contributed by atoms with van der Waals surface area (Å²) in [4.78, 5) is 16.2. The van der Waals surface area contributed by atoms with Crippen molar-refractivity contribution in [3.63, 3.8) is 0 Å². The van der Waals surface area contributed by atoms with Crippen molar-refractivity contribution in [2.24, 2.45) is 0 Å². The largest absolute Gasteiger partial charge is 0.477 e. The molecule has 3 aromatic heterocycles. The topological polar surface area (TPSA) is 67.5 Å². The molecule has 0 atom stereocenters. The van der Waals surface area contributed by atoms with E-state index in [1.807, 2.05) is 17.5 Å². The molecule has 0 radical (unpaired) electrons. The van der Waals surface area contributed by atoms with Gasteiger partial charge in [-0.25, -0.2) is 14.3 Å². The third-order valence-corrected chi connectivity index (χ3v) is 3.24. The Hall–Kier alpha value is -2.21. The lowest BCUT2D eigenvalue weighted by Gasteiger charge is -1.93. The van der Waals surface area contributed by atoms with E-state index in [4.69, 9.17) is 0 Å². The number of carboxylic acids is 1. The van der Waals surface area contributed by atoms with Crippen molar-refractivity contribution in [1.82, 2.24) is 14.6 Å². The molecule has 0 aliphatic rings. The van der Waals surface area contributed by atoms with Crippen LogP contribution >= 0.6 is 11.3 Å². The van der Waals surface area contributed by atoms with Gasteiger partial charge in [-0.1, -0.05) is 6.07 Å². The Morgan fingerprint density at radius 1 is 1.41 bits per heavy atom. The summed E-state index contributed by atoms with van der Waals surface area (Å²) in [5.74, 6) is -1.01. The third-order valence-electron chi connectivity index (χ3n) is 2.36. The van der Waals surface area contributed by atoms with Crippen molar-refractivity contribution < 1.29 is 9.90 Å². The molecule has 0 aromatic carbocycles. The molecule has 1 N–H and O–H groups in total. The van der Waals surface area contributed by atoms with Gasteiger partial charge in [0.15, 0.2) is 5.65 Å². The van der Waals surface area contributed by atoms with Crippen LogP contribution in [0.5, 0.6) is 0 Å². The summed E-state index contributed by atoms with van der Waals surface area (Å²) in [6.07, 6.45) is 3.24. The molecule has 17 heavy (non-hydrogen) atoms. The van der Waals surface area contributed by atoms with Crippen LogP contribution in [0, 0.1) is 0 Å². The van der Waals surface area contributed by atoms with E-state index in [1.54, 1.807) is 18.5 Å². The highest BCUT2D eigenvalue weighted by Gasteiger charge is 2.21. The molecular formula is C11H7N3O2S. The fourth-order valence-corrected chi connectivity index (χ4v) is 2.38. The van der Waals surface area contributed by atoms with Crippen molar-refractivity contribution in [2.75, 3.05) is 0 Å². The monoisotopic (exact) mass is 245 g/mol. The number of hydrogen-bond donors (Lipinski definition) is 1. The van der Waals surface area contributed by atoms with Crippen molar-refractivity contribution in [3.05, 3.63) is 41.5 Å². The van der Waals surface area contributed by atoms with E-state index in [9.17, 15) is 9.90 Å². The Bertz CT molecular complexity index is 688. The Morgan fingerprint density at radius 3 is 3.00 bits per heavy atom. The number of rotatable bonds is 2. The van der Waals surface area contributed by atoms with Crippen LogP contribution in [0.1, 0.15) is 10.4 Å². The molecule has 3 heterocycles. The fraction of sp³-hybridized carbons (Fsp3) is 0. The number of thiophene rings is 1. The number of hydrogen-bond acceptors (Lipinski definition) is 4. The van der Waals surface area contributed by atoms with E-state index in [2.05, 4.69) is 10.1 Å². The molecule has 3 rings (SSSR count). The van der Waals surface area contributed by atoms with Crippen LogP contribution in [0.3, 0.4) is 0 Å². The summed E-state index contributed by atoms with van der Waals surface area (Å²) in [5.41, 5.74) is 0.975. The van der Waals surface area contributed by atoms with Crippen LogP contribution in [0.2, 0.25) is 0 Å². The molecular weight excluding hydrogens is 238 g/mol. The predicted octanol–water partition coefficient (Wildman–Crippen LogP) is 2.16. The van der Waals surface area contributed by atoms with Crippen LogP contribution in [0.15, 0.2) is 36.0 Å². The van der Waals surface area contributed by atoms with E-state index < -0.39 is 5.97 Å². The average molecular weight is 245 g/mol. The molecule has 0 saturated carbocycles. The van der Waals surface area contributed by atoms with Gasteiger partial charge in [0, 0.05) is 12.4 Å². The van der Waals surface area contributed by atoms with E-state index >= 15 is 0 Å². The first kappa shape index (κ1) is 9.98. The normalized spacial score (nSPS) is 10.8. The summed E-state index contributed by atoms with van der Waals surface area (Å²) < 4.78 is 1.48. The SMILES string of the molecule is O=C(O)c1c(-c2cccs2)nn2cccnc12. The average Bonchev–Trinajstić information content (AvgIpc) is 2.95. The Kier molecular flexibility index (Phi) is 2.15. The number of aromatic nitrogens is 3. The van der Waals surface area contributed by atoms with Crippen molar-refractivity contribution >= 4 is 23.0 Å². The first-order valence-electron chi connectivity index (χ1n) is 4.88. The second-order valence-electron chi connectivity index (χ2n) is 3.39. The quantitative estimate of drug-likeness (QED) is 0.751. The van der Waals surface area contributed by atoms with Crippen molar-refractivity contribution in [3.8, 4) is 10.6 Å². The van der Waals surface area contributed by atoms with Crippen LogP contribution in [0.25, 0.3) is 16.2 Å². The van der Waals surface area contributed by atoms with Crippen LogP contribution in [0.4, 0.5) is 0 Å². The fourth-order valence-electron chi connectivity index (χ4n) is 1.67. The van der Waals surface area contributed by atoms with Gasteiger partial charge < -0.3 is 5.11 Å². The summed E-state index contributed by atoms with van der Waals surface area (Å²) in [5, 5.41) is 15.4. The smallest absolute Gasteiger partial charge is 0.341 e. The minimum Gasteiger partial charge on any atom is -0.477 e. The number of fused-ring (bicyclic) bond motifs is 1. The second-order valence-corrected chi connectivity index (χ2v) is 4.34. The molecule has 5 nitrogen and oxygen atoms in total. The van der Waals surface area contributed by atoms with Gasteiger partial charge in [0.2, 0.25) is 0 Å². The van der Waals surface area contributed by atoms with Gasteiger partial charge in [0.05, 0.1) is 4.88 Å². The molecule has 6 heteroatoms. The van der Waals surface area contributed by atoms with Gasteiger partial charge in [-0.15, -0.1) is 11.3 Å². The van der Waals surface area contributed by atoms with Crippen LogP contribution < -0.4 is 0 Å². The van der Waals surface area contributed by atoms with Gasteiger partial charge in [-0.2, -0.15) is 5.10 Å². The minimum absolute atomic E-state index is 0.146. The number of aromatic carboxylic acids is 1. The molecule has 0 spiro atoms. The molecule has 0 amide bonds. The van der Waals surface area contributed by atoms with Gasteiger partial charge in [-0.3, -0.25) is 0 Å². The molecule has 84 valence electrons. The zero-order valence-corrected chi connectivity index (χ0v) is 9.39. The lowest BCUT2D eigenvalue weighted by Crippen LogP contribution is -1.98. The van der Waals surface area contributed by atoms with Crippen LogP contribution in [-0.2, 0) is 0 Å². The van der Waals surface area contributed by atoms with Gasteiger partial charge in [-0.05, 0) is 17.5 Å². The molecule has 0 bridgehead atoms. The maximum atomic E-state index is 11.3. The van der Waals surface area contributed by atoms with Crippen LogP contribution in [-0.4, -0.2) is 25.7 Å². The predicted molar refractivity (Wildman–Crippen MR) is 63.3 cm³/mol. The molecule has 0 unspecified atom stereocenters. The summed E-state index contributed by atoms with van der Waals surface area (Å²) in [6.45, 7) is 0. The van der Waals surface area contributed by atoms with Crippen molar-refractivity contribution in [2.45, 2.75) is 0 Å². The summed E-state index contributed by atoms with van der Waals surface area (Å²) in [7, 11) is 0. The zero-order chi connectivity index (χ0) is 11.8. The lowest BCUT2D eigenvalue weighted by molar-refractivity contribution is 0.0699. The highest BCUT2D eigenvalue weighted by molar-refractivity contribution is 7.13. The molecule has 0 fully saturated rings. The minimum atomic E-state index is -1.01. The molecule has 0 saturated heterocycles. The Morgan fingerprint density at radius 2 is 2.29 bits per heavy atom. The first-order valence-corrected chi connectivity index (χ1v) is 5.76. The van der Waals surface area contributed by atoms with E-state index in [1.165, 1.54) is 15.9 Å². The van der Waals surface area contributed by atoms with Gasteiger partial charge in [0.25, 0.3) is 0 Å². The summed E-state index contributed by atoms with van der Waals surface area (Å²) in [6, 6.07) is 5.42. The summed E-state index contributed by atoms with van der Waals surface area (Å²) >= 11 is 1.46. The third kappa shape index (κ3) is 1.50. The lowest BCUT2D eigenvalue weighted by atomic mass is 10.2. The first-order chi connectivity index (χ1) is 8.27. The maximum Gasteiger partial charge on any atom is 0.341 e. The second kappa shape index (κ2) is 3.67. The van der Waals surface area contributed by atoms with Crippen molar-refractivity contribution in [1.29, 1.82) is 0 Å². The van der Waals surface area contributed by atoms with E-state index in [-0.39, 0.29) is 5.56 Å². The Balaban J connectivity index is 2.38. The van der Waals surface area contributed by atoms with Gasteiger partial charge >= 0.3 is 5.97 Å². The molecule has 3 aromatic rings. The van der Waals surface area contributed by atoms with Gasteiger partial charge in [0.1, 0.15) is 11.3 Å². The molecule has 0 aliphatic heterocycles. The van der Waals surface area contributed by atoms with E-state index in [0.29, 0.717) is 11.3 Å². The standard InChI is InChI=1S/C11H7N3O2S/c15-11(16)8-9(7-3-1-6-17-7)13-14-5-2-4-12-10(8)14/h1-6H,(H,15,16). The number of nitrogens with zero attached hydrogens (tertiary/aromatic N) is 3. The Labute approximate surface area is 100.0 Å².